The van der Waals surface area contributed by atoms with E-state index in [0.29, 0.717) is 23.8 Å². The molecule has 1 aromatic rings. The van der Waals surface area contributed by atoms with E-state index in [-0.39, 0.29) is 0 Å². The van der Waals surface area contributed by atoms with Crippen molar-refractivity contribution in [1.29, 1.82) is 0 Å². The van der Waals surface area contributed by atoms with Crippen molar-refractivity contribution in [2.24, 2.45) is 0 Å². The molecule has 1 fully saturated rings. The third kappa shape index (κ3) is 2.13. The van der Waals surface area contributed by atoms with Gasteiger partial charge in [-0.25, -0.2) is 0 Å². The molecule has 5 heteroatoms. The lowest BCUT2D eigenvalue weighted by Crippen LogP contribution is -2.53. The summed E-state index contributed by atoms with van der Waals surface area (Å²) in [4.78, 5) is 26.4. The minimum Gasteiger partial charge on any atom is -0.336 e. The van der Waals surface area contributed by atoms with Gasteiger partial charge in [-0.15, -0.1) is 0 Å². The molecule has 0 bridgehead atoms. The molecular weight excluding hydrogens is 240 g/mol. The van der Waals surface area contributed by atoms with Crippen molar-refractivity contribution in [2.75, 3.05) is 25.0 Å². The highest BCUT2D eigenvalue weighted by Crippen LogP contribution is 2.25. The lowest BCUT2D eigenvalue weighted by atomic mass is 10.1. The number of rotatable bonds is 1. The SMILES string of the molecule is Cc1ccc(Cl)cc1N1CCN(C)C(=O)C1=O. The third-order valence-corrected chi connectivity index (χ3v) is 3.13. The predicted molar refractivity (Wildman–Crippen MR) is 66.2 cm³/mol. The van der Waals surface area contributed by atoms with Crippen molar-refractivity contribution in [3.8, 4) is 0 Å². The molecule has 0 N–H and O–H groups in total. The zero-order valence-electron chi connectivity index (χ0n) is 9.74. The normalized spacial score (nSPS) is 16.6. The van der Waals surface area contributed by atoms with Crippen molar-refractivity contribution in [1.82, 2.24) is 4.90 Å². The van der Waals surface area contributed by atoms with Gasteiger partial charge in [0.15, 0.2) is 0 Å². The first-order valence-corrected chi connectivity index (χ1v) is 5.71. The van der Waals surface area contributed by atoms with Gasteiger partial charge in [0, 0.05) is 30.8 Å². The lowest BCUT2D eigenvalue weighted by Gasteiger charge is -2.32. The van der Waals surface area contributed by atoms with Gasteiger partial charge in [-0.05, 0) is 24.6 Å². The number of carbonyl (C=O) groups excluding carboxylic acids is 2. The van der Waals surface area contributed by atoms with Gasteiger partial charge in [0.1, 0.15) is 0 Å². The standard InChI is InChI=1S/C12H13ClN2O2/c1-8-3-4-9(13)7-10(8)15-6-5-14(2)11(16)12(15)17/h3-4,7H,5-6H2,1-2H3. The first-order valence-electron chi connectivity index (χ1n) is 5.34. The molecule has 2 amide bonds. The van der Waals surface area contributed by atoms with Crippen molar-refractivity contribution in [3.05, 3.63) is 28.8 Å². The Morgan fingerprint density at radius 1 is 1.18 bits per heavy atom. The summed E-state index contributed by atoms with van der Waals surface area (Å²) in [5.41, 5.74) is 1.64. The highest BCUT2D eigenvalue weighted by Gasteiger charge is 2.31. The van der Waals surface area contributed by atoms with E-state index in [1.165, 1.54) is 9.80 Å². The molecule has 0 spiro atoms. The second-order valence-electron chi connectivity index (χ2n) is 4.11. The molecule has 0 aromatic heterocycles. The maximum absolute atomic E-state index is 11.9. The van der Waals surface area contributed by atoms with E-state index in [9.17, 15) is 9.59 Å². The third-order valence-electron chi connectivity index (χ3n) is 2.90. The number of hydrogen-bond donors (Lipinski definition) is 0. The zero-order valence-corrected chi connectivity index (χ0v) is 10.5. The topological polar surface area (TPSA) is 40.6 Å². The van der Waals surface area contributed by atoms with E-state index >= 15 is 0 Å². The fraction of sp³-hybridized carbons (Fsp3) is 0.333. The Bertz CT molecular complexity index is 487. The number of benzene rings is 1. The Hall–Kier alpha value is -1.55. The monoisotopic (exact) mass is 252 g/mol. The molecule has 0 atom stereocenters. The first-order chi connectivity index (χ1) is 8.00. The van der Waals surface area contributed by atoms with Crippen LogP contribution in [0.25, 0.3) is 0 Å². The van der Waals surface area contributed by atoms with Gasteiger partial charge in [-0.3, -0.25) is 9.59 Å². The van der Waals surface area contributed by atoms with Crippen LogP contribution in [0.15, 0.2) is 18.2 Å². The van der Waals surface area contributed by atoms with Crippen LogP contribution in [0.5, 0.6) is 0 Å². The molecule has 1 aliphatic heterocycles. The molecule has 1 heterocycles. The Kier molecular flexibility index (Phi) is 3.07. The summed E-state index contributed by atoms with van der Waals surface area (Å²) in [5.74, 6) is -0.972. The van der Waals surface area contributed by atoms with E-state index in [1.807, 2.05) is 13.0 Å². The largest absolute Gasteiger partial charge is 0.336 e. The molecule has 2 rings (SSSR count). The number of amides is 2. The van der Waals surface area contributed by atoms with Crippen LogP contribution < -0.4 is 4.90 Å². The number of anilines is 1. The molecule has 0 aliphatic carbocycles. The highest BCUT2D eigenvalue weighted by molar-refractivity contribution is 6.41. The van der Waals surface area contributed by atoms with Crippen LogP contribution in [0, 0.1) is 6.92 Å². The van der Waals surface area contributed by atoms with Crippen LogP contribution in [0.3, 0.4) is 0 Å². The average molecular weight is 253 g/mol. The molecule has 90 valence electrons. The predicted octanol–water partition coefficient (Wildman–Crippen LogP) is 1.45. The van der Waals surface area contributed by atoms with Gasteiger partial charge in [-0.2, -0.15) is 0 Å². The number of halogens is 1. The van der Waals surface area contributed by atoms with Gasteiger partial charge in [0.05, 0.1) is 0 Å². The second-order valence-corrected chi connectivity index (χ2v) is 4.55. The van der Waals surface area contributed by atoms with E-state index in [1.54, 1.807) is 19.2 Å². The Morgan fingerprint density at radius 3 is 2.59 bits per heavy atom. The molecule has 0 radical (unpaired) electrons. The fourth-order valence-electron chi connectivity index (χ4n) is 1.84. The van der Waals surface area contributed by atoms with E-state index < -0.39 is 11.8 Å². The van der Waals surface area contributed by atoms with Crippen LogP contribution in [-0.2, 0) is 9.59 Å². The number of likely N-dealkylation sites (N-methyl/N-ethyl adjacent to an activating group) is 1. The lowest BCUT2D eigenvalue weighted by molar-refractivity contribution is -0.145. The fourth-order valence-corrected chi connectivity index (χ4v) is 2.00. The summed E-state index contributed by atoms with van der Waals surface area (Å²) < 4.78 is 0. The zero-order chi connectivity index (χ0) is 12.6. The number of piperazine rings is 1. The Morgan fingerprint density at radius 2 is 1.88 bits per heavy atom. The van der Waals surface area contributed by atoms with E-state index in [4.69, 9.17) is 11.6 Å². The molecule has 1 saturated heterocycles. The van der Waals surface area contributed by atoms with Crippen molar-refractivity contribution >= 4 is 29.1 Å². The minimum absolute atomic E-state index is 0.476. The van der Waals surface area contributed by atoms with Crippen LogP contribution in [-0.4, -0.2) is 36.9 Å². The summed E-state index contributed by atoms with van der Waals surface area (Å²) >= 11 is 5.92. The van der Waals surface area contributed by atoms with Gasteiger partial charge < -0.3 is 9.80 Å². The van der Waals surface area contributed by atoms with E-state index in [2.05, 4.69) is 0 Å². The Labute approximate surface area is 105 Å². The van der Waals surface area contributed by atoms with Gasteiger partial charge in [0.25, 0.3) is 0 Å². The molecule has 0 saturated carbocycles. The van der Waals surface area contributed by atoms with Gasteiger partial charge >= 0.3 is 11.8 Å². The summed E-state index contributed by atoms with van der Waals surface area (Å²) in [7, 11) is 1.63. The van der Waals surface area contributed by atoms with Crippen molar-refractivity contribution in [2.45, 2.75) is 6.92 Å². The summed E-state index contributed by atoms with van der Waals surface area (Å²) in [6.07, 6.45) is 0. The van der Waals surface area contributed by atoms with Crippen LogP contribution in [0.1, 0.15) is 5.56 Å². The average Bonchev–Trinajstić information content (AvgIpc) is 2.30. The van der Waals surface area contributed by atoms with E-state index in [0.717, 1.165) is 5.56 Å². The number of nitrogens with zero attached hydrogens (tertiary/aromatic N) is 2. The summed E-state index contributed by atoms with van der Waals surface area (Å²) in [6, 6.07) is 5.32. The van der Waals surface area contributed by atoms with Crippen molar-refractivity contribution in [3.63, 3.8) is 0 Å². The van der Waals surface area contributed by atoms with Crippen LogP contribution in [0.2, 0.25) is 5.02 Å². The number of carbonyl (C=O) groups is 2. The molecule has 17 heavy (non-hydrogen) atoms. The number of hydrogen-bond acceptors (Lipinski definition) is 2. The maximum Gasteiger partial charge on any atom is 0.316 e. The Balaban J connectivity index is 2.37. The molecule has 0 unspecified atom stereocenters. The van der Waals surface area contributed by atoms with Crippen molar-refractivity contribution < 1.29 is 9.59 Å². The molecule has 1 aliphatic rings. The van der Waals surface area contributed by atoms with Gasteiger partial charge in [0.2, 0.25) is 0 Å². The molecule has 1 aromatic carbocycles. The van der Waals surface area contributed by atoms with Gasteiger partial charge in [-0.1, -0.05) is 17.7 Å². The molecular formula is C12H13ClN2O2. The summed E-state index contributed by atoms with van der Waals surface area (Å²) in [6.45, 7) is 2.93. The second kappa shape index (κ2) is 4.37. The molecule has 4 nitrogen and oxygen atoms in total. The minimum atomic E-state index is -0.496. The first kappa shape index (κ1) is 11.9. The number of aryl methyl sites for hydroxylation is 1. The highest BCUT2D eigenvalue weighted by atomic mass is 35.5. The summed E-state index contributed by atoms with van der Waals surface area (Å²) in [5, 5.41) is 0.560. The quantitative estimate of drug-likeness (QED) is 0.710. The van der Waals surface area contributed by atoms with Crippen LogP contribution in [0.4, 0.5) is 5.69 Å². The smallest absolute Gasteiger partial charge is 0.316 e. The maximum atomic E-state index is 11.9. The van der Waals surface area contributed by atoms with Crippen LogP contribution >= 0.6 is 11.6 Å².